The minimum Gasteiger partial charge on any atom is -0.399 e. The highest BCUT2D eigenvalue weighted by molar-refractivity contribution is 5.80. The van der Waals surface area contributed by atoms with Crippen LogP contribution in [0.25, 0.3) is 22.5 Å². The highest BCUT2D eigenvalue weighted by Crippen LogP contribution is 2.33. The normalized spacial score (nSPS) is 12.1. The number of imidazole rings is 1. The molecule has 124 valence electrons. The van der Waals surface area contributed by atoms with Gasteiger partial charge in [0, 0.05) is 36.0 Å². The number of aromatic nitrogens is 3. The van der Waals surface area contributed by atoms with Gasteiger partial charge in [0.15, 0.2) is 0 Å². The van der Waals surface area contributed by atoms with Crippen molar-refractivity contribution in [1.82, 2.24) is 15.0 Å². The molecule has 5 nitrogen and oxygen atoms in total. The summed E-state index contributed by atoms with van der Waals surface area (Å²) in [5.41, 5.74) is 10.7. The standard InChI is InChI=1S/C19H23N5/c1-4-12(2)19-23-17(13-6-5-7-15(20)10-13)18(24-19)14-8-9-22-16(11-14)21-3/h5-12H,4,20H2,1-3H3,(H,21,22)(H,23,24). The number of pyridine rings is 1. The van der Waals surface area contributed by atoms with Crippen LogP contribution in [-0.4, -0.2) is 22.0 Å². The summed E-state index contributed by atoms with van der Waals surface area (Å²) in [6, 6.07) is 11.8. The first-order chi connectivity index (χ1) is 11.6. The number of anilines is 2. The molecule has 24 heavy (non-hydrogen) atoms. The van der Waals surface area contributed by atoms with Crippen molar-refractivity contribution in [2.24, 2.45) is 0 Å². The smallest absolute Gasteiger partial charge is 0.126 e. The number of benzene rings is 1. The molecule has 1 atom stereocenters. The van der Waals surface area contributed by atoms with Crippen LogP contribution in [0.4, 0.5) is 11.5 Å². The Hall–Kier alpha value is -2.82. The van der Waals surface area contributed by atoms with Crippen molar-refractivity contribution >= 4 is 11.5 Å². The summed E-state index contributed by atoms with van der Waals surface area (Å²) in [6.45, 7) is 4.34. The van der Waals surface area contributed by atoms with Crippen LogP contribution in [0.3, 0.4) is 0 Å². The number of hydrogen-bond acceptors (Lipinski definition) is 4. The molecule has 3 rings (SSSR count). The fourth-order valence-corrected chi connectivity index (χ4v) is 2.64. The second-order valence-corrected chi connectivity index (χ2v) is 5.96. The van der Waals surface area contributed by atoms with Crippen LogP contribution < -0.4 is 11.1 Å². The highest BCUT2D eigenvalue weighted by atomic mass is 15.0. The molecular weight excluding hydrogens is 298 g/mol. The Balaban J connectivity index is 2.17. The predicted molar refractivity (Wildman–Crippen MR) is 99.9 cm³/mol. The highest BCUT2D eigenvalue weighted by Gasteiger charge is 2.17. The average molecular weight is 321 g/mol. The van der Waals surface area contributed by atoms with Gasteiger partial charge >= 0.3 is 0 Å². The number of nitrogen functional groups attached to an aromatic ring is 1. The van der Waals surface area contributed by atoms with Crippen LogP contribution >= 0.6 is 0 Å². The third-order valence-electron chi connectivity index (χ3n) is 4.27. The maximum atomic E-state index is 5.97. The molecule has 0 spiro atoms. The Bertz CT molecular complexity index is 837. The lowest BCUT2D eigenvalue weighted by molar-refractivity contribution is 0.690. The van der Waals surface area contributed by atoms with Gasteiger partial charge in [-0.1, -0.05) is 26.0 Å². The molecule has 3 aromatic rings. The summed E-state index contributed by atoms with van der Waals surface area (Å²) in [4.78, 5) is 12.7. The van der Waals surface area contributed by atoms with Crippen molar-refractivity contribution in [2.75, 3.05) is 18.1 Å². The van der Waals surface area contributed by atoms with E-state index in [1.54, 1.807) is 6.20 Å². The number of nitrogens with two attached hydrogens (primary N) is 1. The van der Waals surface area contributed by atoms with Crippen molar-refractivity contribution in [3.63, 3.8) is 0 Å². The minimum absolute atomic E-state index is 0.365. The summed E-state index contributed by atoms with van der Waals surface area (Å²) in [5.74, 6) is 2.18. The number of aromatic amines is 1. The Morgan fingerprint density at radius 1 is 1.21 bits per heavy atom. The van der Waals surface area contributed by atoms with E-state index in [0.717, 1.165) is 46.3 Å². The monoisotopic (exact) mass is 321 g/mol. The molecule has 0 radical (unpaired) electrons. The molecule has 1 unspecified atom stereocenters. The number of nitrogens with one attached hydrogen (secondary N) is 2. The van der Waals surface area contributed by atoms with E-state index in [-0.39, 0.29) is 0 Å². The second-order valence-electron chi connectivity index (χ2n) is 5.96. The van der Waals surface area contributed by atoms with E-state index in [1.165, 1.54) is 0 Å². The molecule has 0 fully saturated rings. The Morgan fingerprint density at radius 2 is 2.04 bits per heavy atom. The fourth-order valence-electron chi connectivity index (χ4n) is 2.64. The lowest BCUT2D eigenvalue weighted by Crippen LogP contribution is -1.94. The zero-order valence-corrected chi connectivity index (χ0v) is 14.3. The number of rotatable bonds is 5. The quantitative estimate of drug-likeness (QED) is 0.613. The van der Waals surface area contributed by atoms with E-state index < -0.39 is 0 Å². The molecular formula is C19H23N5. The topological polar surface area (TPSA) is 79.6 Å². The Kier molecular flexibility index (Phi) is 4.51. The summed E-state index contributed by atoms with van der Waals surface area (Å²) in [5, 5.41) is 3.08. The van der Waals surface area contributed by atoms with Crippen LogP contribution in [-0.2, 0) is 0 Å². The Labute approximate surface area is 142 Å². The first-order valence-electron chi connectivity index (χ1n) is 8.22. The fraction of sp³-hybridized carbons (Fsp3) is 0.263. The van der Waals surface area contributed by atoms with E-state index in [1.807, 2.05) is 43.4 Å². The van der Waals surface area contributed by atoms with Gasteiger partial charge in [-0.05, 0) is 30.7 Å². The molecule has 5 heteroatoms. The van der Waals surface area contributed by atoms with E-state index in [2.05, 4.69) is 29.1 Å². The molecule has 0 saturated heterocycles. The van der Waals surface area contributed by atoms with Crippen LogP contribution in [0, 0.1) is 0 Å². The van der Waals surface area contributed by atoms with Gasteiger partial charge in [-0.15, -0.1) is 0 Å². The molecule has 2 aromatic heterocycles. The van der Waals surface area contributed by atoms with E-state index in [9.17, 15) is 0 Å². The lowest BCUT2D eigenvalue weighted by atomic mass is 10.1. The average Bonchev–Trinajstić information content (AvgIpc) is 3.06. The summed E-state index contributed by atoms with van der Waals surface area (Å²) < 4.78 is 0. The maximum absolute atomic E-state index is 5.97. The minimum atomic E-state index is 0.365. The molecule has 1 aromatic carbocycles. The lowest BCUT2D eigenvalue weighted by Gasteiger charge is -2.06. The van der Waals surface area contributed by atoms with Gasteiger partial charge in [0.1, 0.15) is 11.6 Å². The van der Waals surface area contributed by atoms with E-state index in [4.69, 9.17) is 10.7 Å². The molecule has 2 heterocycles. The van der Waals surface area contributed by atoms with Crippen molar-refractivity contribution < 1.29 is 0 Å². The first kappa shape index (κ1) is 16.1. The van der Waals surface area contributed by atoms with Crippen LogP contribution in [0.5, 0.6) is 0 Å². The van der Waals surface area contributed by atoms with Gasteiger partial charge in [0.2, 0.25) is 0 Å². The molecule has 0 saturated carbocycles. The van der Waals surface area contributed by atoms with E-state index in [0.29, 0.717) is 5.92 Å². The van der Waals surface area contributed by atoms with Crippen molar-refractivity contribution in [3.05, 3.63) is 48.4 Å². The van der Waals surface area contributed by atoms with Gasteiger partial charge in [0.25, 0.3) is 0 Å². The molecule has 0 aliphatic rings. The zero-order chi connectivity index (χ0) is 17.1. The van der Waals surface area contributed by atoms with Crippen molar-refractivity contribution in [3.8, 4) is 22.5 Å². The summed E-state index contributed by atoms with van der Waals surface area (Å²) in [7, 11) is 1.86. The maximum Gasteiger partial charge on any atom is 0.126 e. The number of H-pyrrole nitrogens is 1. The number of nitrogens with zero attached hydrogens (tertiary/aromatic N) is 2. The molecule has 0 aliphatic heterocycles. The van der Waals surface area contributed by atoms with Crippen LogP contribution in [0.1, 0.15) is 32.0 Å². The van der Waals surface area contributed by atoms with E-state index >= 15 is 0 Å². The van der Waals surface area contributed by atoms with Crippen molar-refractivity contribution in [1.29, 1.82) is 0 Å². The molecule has 4 N–H and O–H groups in total. The third-order valence-corrected chi connectivity index (χ3v) is 4.27. The zero-order valence-electron chi connectivity index (χ0n) is 14.3. The largest absolute Gasteiger partial charge is 0.399 e. The van der Waals surface area contributed by atoms with Gasteiger partial charge < -0.3 is 16.0 Å². The molecule has 0 amide bonds. The van der Waals surface area contributed by atoms with Gasteiger partial charge in [0.05, 0.1) is 11.4 Å². The molecule has 0 aliphatic carbocycles. The van der Waals surface area contributed by atoms with Crippen molar-refractivity contribution in [2.45, 2.75) is 26.2 Å². The predicted octanol–water partition coefficient (Wildman–Crippen LogP) is 4.28. The number of hydrogen-bond donors (Lipinski definition) is 3. The second kappa shape index (κ2) is 6.74. The Morgan fingerprint density at radius 3 is 2.75 bits per heavy atom. The first-order valence-corrected chi connectivity index (χ1v) is 8.22. The van der Waals surface area contributed by atoms with Crippen LogP contribution in [0.2, 0.25) is 0 Å². The summed E-state index contributed by atoms with van der Waals surface area (Å²) >= 11 is 0. The van der Waals surface area contributed by atoms with Gasteiger partial charge in [-0.3, -0.25) is 0 Å². The summed E-state index contributed by atoms with van der Waals surface area (Å²) in [6.07, 6.45) is 2.83. The van der Waals surface area contributed by atoms with Gasteiger partial charge in [-0.25, -0.2) is 9.97 Å². The van der Waals surface area contributed by atoms with Crippen LogP contribution in [0.15, 0.2) is 42.6 Å². The molecule has 0 bridgehead atoms. The van der Waals surface area contributed by atoms with Gasteiger partial charge in [-0.2, -0.15) is 0 Å². The SMILES string of the molecule is CCC(C)c1nc(-c2cccc(N)c2)c(-c2ccnc(NC)c2)[nH]1. The third kappa shape index (κ3) is 3.11.